The molecule has 1 aromatic carbocycles. The molecule has 0 aliphatic carbocycles. The Kier molecular flexibility index (Phi) is 6.50. The summed E-state index contributed by atoms with van der Waals surface area (Å²) in [5, 5.41) is 7.11. The largest absolute Gasteiger partial charge is 0.459 e. The predicted molar refractivity (Wildman–Crippen MR) is 122 cm³/mol. The second-order valence-corrected chi connectivity index (χ2v) is 10.3. The van der Waals surface area contributed by atoms with Crippen molar-refractivity contribution >= 4 is 13.1 Å². The molecule has 0 aromatic heterocycles. The quantitative estimate of drug-likeness (QED) is 0.376. The van der Waals surface area contributed by atoms with Crippen LogP contribution in [0.5, 0.6) is 0 Å². The fourth-order valence-corrected chi connectivity index (χ4v) is 5.24. The van der Waals surface area contributed by atoms with Gasteiger partial charge in [0.1, 0.15) is 12.1 Å². The first-order valence-corrected chi connectivity index (χ1v) is 11.8. The van der Waals surface area contributed by atoms with E-state index < -0.39 is 5.54 Å². The number of carbonyl (C=O) groups is 1. The highest BCUT2D eigenvalue weighted by molar-refractivity contribution is 6.45. The Balaban J connectivity index is 1.34. The number of fused-ring (bicyclic) bond motifs is 1. The van der Waals surface area contributed by atoms with Crippen molar-refractivity contribution in [3.8, 4) is 0 Å². The van der Waals surface area contributed by atoms with E-state index in [-0.39, 0.29) is 30.2 Å². The average Bonchev–Trinajstić information content (AvgIpc) is 3.38. The summed E-state index contributed by atoms with van der Waals surface area (Å²) in [6.45, 7) is 10.4. The fourth-order valence-electron chi connectivity index (χ4n) is 5.24. The van der Waals surface area contributed by atoms with Gasteiger partial charge in [0.25, 0.3) is 0 Å². The molecule has 170 valence electrons. The number of carbonyl (C=O) groups excluding carboxylic acids is 1. The first-order chi connectivity index (χ1) is 14.7. The van der Waals surface area contributed by atoms with E-state index in [2.05, 4.69) is 38.3 Å². The minimum Gasteiger partial charge on any atom is -0.459 e. The van der Waals surface area contributed by atoms with Crippen molar-refractivity contribution in [2.24, 2.45) is 5.92 Å². The van der Waals surface area contributed by atoms with Crippen LogP contribution in [-0.4, -0.2) is 49.0 Å². The zero-order chi connectivity index (χ0) is 22.1. The van der Waals surface area contributed by atoms with Gasteiger partial charge in [0, 0.05) is 18.5 Å². The Morgan fingerprint density at radius 3 is 2.55 bits per heavy atom. The molecule has 0 saturated carbocycles. The van der Waals surface area contributed by atoms with Crippen molar-refractivity contribution in [2.45, 2.75) is 89.1 Å². The molecule has 0 bridgehead atoms. The summed E-state index contributed by atoms with van der Waals surface area (Å²) in [7, 11) is -0.177. The summed E-state index contributed by atoms with van der Waals surface area (Å²) >= 11 is 0. The van der Waals surface area contributed by atoms with Crippen LogP contribution in [0.25, 0.3) is 0 Å². The van der Waals surface area contributed by atoms with E-state index in [4.69, 9.17) is 14.0 Å². The highest BCUT2D eigenvalue weighted by atomic mass is 16.7. The molecule has 4 rings (SSSR count). The Bertz CT molecular complexity index is 756. The molecule has 0 spiro atoms. The number of nitrogens with one attached hydrogen (secondary N) is 2. The molecule has 0 amide bonds. The molecule has 6 nitrogen and oxygen atoms in total. The van der Waals surface area contributed by atoms with Gasteiger partial charge in [0.05, 0.1) is 11.2 Å². The molecule has 7 heteroatoms. The average molecular weight is 428 g/mol. The molecule has 1 aromatic rings. The molecule has 0 radical (unpaired) electrons. The van der Waals surface area contributed by atoms with E-state index >= 15 is 0 Å². The number of ether oxygens (including phenoxy) is 1. The monoisotopic (exact) mass is 428 g/mol. The van der Waals surface area contributed by atoms with Crippen LogP contribution in [0.3, 0.4) is 0 Å². The van der Waals surface area contributed by atoms with Gasteiger partial charge in [0.2, 0.25) is 0 Å². The SMILES string of the molecule is CC1(C)OB(CCCC[C@@]2(C(=O)OCc3ccccc3)NC[C@@H]3NCC[C@@H]32)OC1(C)C. The summed E-state index contributed by atoms with van der Waals surface area (Å²) < 4.78 is 18.1. The molecule has 3 fully saturated rings. The van der Waals surface area contributed by atoms with Crippen LogP contribution in [0.4, 0.5) is 0 Å². The molecule has 2 N–H and O–H groups in total. The van der Waals surface area contributed by atoms with Crippen LogP contribution in [0, 0.1) is 5.92 Å². The topological polar surface area (TPSA) is 68.8 Å². The summed E-state index contributed by atoms with van der Waals surface area (Å²) in [4.78, 5) is 13.3. The maximum absolute atomic E-state index is 13.3. The summed E-state index contributed by atoms with van der Waals surface area (Å²) in [6, 6.07) is 10.3. The molecule has 3 aliphatic heterocycles. The smallest absolute Gasteiger partial charge is 0.457 e. The lowest BCUT2D eigenvalue weighted by molar-refractivity contribution is -0.155. The maximum atomic E-state index is 13.3. The molecule has 3 atom stereocenters. The van der Waals surface area contributed by atoms with Gasteiger partial charge in [-0.15, -0.1) is 0 Å². The van der Waals surface area contributed by atoms with E-state index in [1.54, 1.807) is 0 Å². The van der Waals surface area contributed by atoms with E-state index in [0.29, 0.717) is 12.6 Å². The first-order valence-electron chi connectivity index (χ1n) is 11.8. The van der Waals surface area contributed by atoms with Gasteiger partial charge in [-0.05, 0) is 59.0 Å². The molecule has 3 saturated heterocycles. The summed E-state index contributed by atoms with van der Waals surface area (Å²) in [5.41, 5.74) is -0.171. The van der Waals surface area contributed by atoms with Gasteiger partial charge in [0.15, 0.2) is 0 Å². The first kappa shape index (κ1) is 22.8. The molecule has 3 heterocycles. The second kappa shape index (κ2) is 8.85. The van der Waals surface area contributed by atoms with Crippen LogP contribution >= 0.6 is 0 Å². The molecular formula is C24H37BN2O4. The van der Waals surface area contributed by atoms with Crippen molar-refractivity contribution in [1.82, 2.24) is 10.6 Å². The normalized spacial score (nSPS) is 31.0. The highest BCUT2D eigenvalue weighted by Gasteiger charge is 2.55. The minimum atomic E-state index is -0.598. The van der Waals surface area contributed by atoms with Gasteiger partial charge in [-0.3, -0.25) is 4.79 Å². The van der Waals surface area contributed by atoms with Crippen molar-refractivity contribution < 1.29 is 18.8 Å². The van der Waals surface area contributed by atoms with E-state index in [1.807, 2.05) is 30.3 Å². The van der Waals surface area contributed by atoms with Crippen molar-refractivity contribution in [3.63, 3.8) is 0 Å². The Labute approximate surface area is 186 Å². The minimum absolute atomic E-state index is 0.108. The van der Waals surface area contributed by atoms with E-state index in [9.17, 15) is 4.79 Å². The third-order valence-electron chi connectivity index (χ3n) is 7.76. The predicted octanol–water partition coefficient (Wildman–Crippen LogP) is 3.31. The molecule has 31 heavy (non-hydrogen) atoms. The van der Waals surface area contributed by atoms with E-state index in [0.717, 1.165) is 50.7 Å². The van der Waals surface area contributed by atoms with Crippen LogP contribution in [0.1, 0.15) is 58.9 Å². The van der Waals surface area contributed by atoms with Gasteiger partial charge in [-0.25, -0.2) is 0 Å². The highest BCUT2D eigenvalue weighted by Crippen LogP contribution is 2.40. The lowest BCUT2D eigenvalue weighted by Crippen LogP contribution is -2.53. The number of rotatable bonds is 8. The fraction of sp³-hybridized carbons (Fsp3) is 0.708. The zero-order valence-electron chi connectivity index (χ0n) is 19.4. The van der Waals surface area contributed by atoms with Gasteiger partial charge in [-0.2, -0.15) is 0 Å². The lowest BCUT2D eigenvalue weighted by Gasteiger charge is -2.32. The third-order valence-corrected chi connectivity index (χ3v) is 7.76. The van der Waals surface area contributed by atoms with Crippen molar-refractivity contribution in [1.29, 1.82) is 0 Å². The lowest BCUT2D eigenvalue weighted by atomic mass is 9.77. The van der Waals surface area contributed by atoms with Crippen molar-refractivity contribution in [3.05, 3.63) is 35.9 Å². The number of unbranched alkanes of at least 4 members (excludes halogenated alkanes) is 1. The van der Waals surface area contributed by atoms with Crippen LogP contribution in [0.15, 0.2) is 30.3 Å². The maximum Gasteiger partial charge on any atom is 0.457 e. The van der Waals surface area contributed by atoms with Crippen LogP contribution in [0.2, 0.25) is 6.32 Å². The molecular weight excluding hydrogens is 391 g/mol. The third kappa shape index (κ3) is 4.56. The molecule has 0 unspecified atom stereocenters. The van der Waals surface area contributed by atoms with Gasteiger partial charge in [-0.1, -0.05) is 43.2 Å². The number of hydrogen-bond acceptors (Lipinski definition) is 6. The van der Waals surface area contributed by atoms with Crippen LogP contribution in [-0.2, 0) is 25.4 Å². The Morgan fingerprint density at radius 1 is 1.13 bits per heavy atom. The number of esters is 1. The number of benzene rings is 1. The summed E-state index contributed by atoms with van der Waals surface area (Å²) in [5.74, 6) is 0.177. The van der Waals surface area contributed by atoms with Crippen molar-refractivity contribution in [2.75, 3.05) is 13.1 Å². The standard InChI is InChI=1S/C24H37BN2O4/c1-22(2)23(3,4)31-25(30-22)14-9-8-13-24(19-12-15-26-20(19)16-27-24)21(28)29-17-18-10-6-5-7-11-18/h5-7,10-11,19-20,26-27H,8-9,12-17H2,1-4H3/t19-,20-,24+/m0/s1. The number of hydrogen-bond donors (Lipinski definition) is 2. The van der Waals surface area contributed by atoms with Gasteiger partial charge >= 0.3 is 13.1 Å². The molecule has 3 aliphatic rings. The zero-order valence-corrected chi connectivity index (χ0v) is 19.4. The van der Waals surface area contributed by atoms with E-state index in [1.165, 1.54) is 0 Å². The Morgan fingerprint density at radius 2 is 1.84 bits per heavy atom. The van der Waals surface area contributed by atoms with Gasteiger partial charge < -0.3 is 24.7 Å². The second-order valence-electron chi connectivity index (χ2n) is 10.3. The Hall–Kier alpha value is -1.41. The van der Waals surface area contributed by atoms with Crippen LogP contribution < -0.4 is 10.6 Å². The summed E-state index contributed by atoms with van der Waals surface area (Å²) in [6.07, 6.45) is 4.52.